The van der Waals surface area contributed by atoms with E-state index in [9.17, 15) is 0 Å². The van der Waals surface area contributed by atoms with Crippen molar-refractivity contribution in [2.24, 2.45) is 0 Å². The highest BCUT2D eigenvalue weighted by atomic mass is 16.5. The fourth-order valence-electron chi connectivity index (χ4n) is 3.79. The van der Waals surface area contributed by atoms with Crippen LogP contribution in [0.4, 0.5) is 0 Å². The number of fused-ring (bicyclic) bond motifs is 2. The van der Waals surface area contributed by atoms with Crippen molar-refractivity contribution in [1.82, 2.24) is 20.1 Å². The van der Waals surface area contributed by atoms with E-state index in [2.05, 4.69) is 59.1 Å². The maximum atomic E-state index is 5.95. The third kappa shape index (κ3) is 2.93. The minimum Gasteiger partial charge on any atom is -0.487 e. The Morgan fingerprint density at radius 3 is 3.04 bits per heavy atom. The number of aryl methyl sites for hydroxylation is 1. The Kier molecular flexibility index (Phi) is 3.83. The zero-order valence-electron chi connectivity index (χ0n) is 14.8. The molecule has 0 fully saturated rings. The molecule has 0 bridgehead atoms. The topological polar surface area (TPSA) is 52.0 Å². The highest BCUT2D eigenvalue weighted by Crippen LogP contribution is 2.35. The normalized spacial score (nSPS) is 19.5. The Morgan fingerprint density at radius 1 is 1.29 bits per heavy atom. The second-order valence-electron chi connectivity index (χ2n) is 7.67. The van der Waals surface area contributed by atoms with Crippen molar-refractivity contribution in [1.29, 1.82) is 0 Å². The first kappa shape index (κ1) is 15.6. The molecule has 1 aromatic heterocycles. The molecule has 2 aliphatic heterocycles. The van der Waals surface area contributed by atoms with Crippen molar-refractivity contribution in [3.8, 4) is 5.75 Å². The minimum absolute atomic E-state index is 0.0811. The second-order valence-corrected chi connectivity index (χ2v) is 7.67. The van der Waals surface area contributed by atoms with E-state index in [1.165, 1.54) is 24.0 Å². The molecule has 0 saturated heterocycles. The number of hydrogen-bond acceptors (Lipinski definition) is 4. The van der Waals surface area contributed by atoms with Gasteiger partial charge < -0.3 is 14.6 Å². The monoisotopic (exact) mass is 326 g/mol. The van der Waals surface area contributed by atoms with Gasteiger partial charge in [-0.3, -0.25) is 0 Å². The minimum atomic E-state index is -0.0811. The Labute approximate surface area is 143 Å². The van der Waals surface area contributed by atoms with Gasteiger partial charge in [-0.25, -0.2) is 0 Å². The molecular weight excluding hydrogens is 300 g/mol. The van der Waals surface area contributed by atoms with Crippen LogP contribution in [0.3, 0.4) is 0 Å². The summed E-state index contributed by atoms with van der Waals surface area (Å²) >= 11 is 0. The molecule has 0 amide bonds. The number of rotatable bonds is 4. The first-order chi connectivity index (χ1) is 11.5. The summed E-state index contributed by atoms with van der Waals surface area (Å²) in [6.07, 6.45) is 4.49. The Hall–Kier alpha value is -1.88. The number of hydrogen-bond donors (Lipinski definition) is 1. The van der Waals surface area contributed by atoms with Gasteiger partial charge >= 0.3 is 0 Å². The van der Waals surface area contributed by atoms with E-state index < -0.39 is 0 Å². The molecule has 24 heavy (non-hydrogen) atoms. The zero-order valence-corrected chi connectivity index (χ0v) is 14.8. The molecule has 1 N–H and O–H groups in total. The first-order valence-corrected chi connectivity index (χ1v) is 8.98. The molecule has 0 aliphatic carbocycles. The van der Waals surface area contributed by atoms with Gasteiger partial charge in [0.2, 0.25) is 0 Å². The van der Waals surface area contributed by atoms with Gasteiger partial charge in [0.25, 0.3) is 0 Å². The third-order valence-electron chi connectivity index (χ3n) is 5.02. The standard InChI is InChI=1S/C19H26N4O/c1-13(18-22-21-17-6-4-5-9-23(17)18)20-12-14-7-8-16-15(10-14)11-19(2,3)24-16/h7-8,10,13,20H,4-6,9,11-12H2,1-3H3. The zero-order chi connectivity index (χ0) is 16.7. The van der Waals surface area contributed by atoms with E-state index in [0.29, 0.717) is 0 Å². The molecule has 1 unspecified atom stereocenters. The summed E-state index contributed by atoms with van der Waals surface area (Å²) in [6.45, 7) is 8.33. The quantitative estimate of drug-likeness (QED) is 0.937. The number of nitrogens with zero attached hydrogens (tertiary/aromatic N) is 3. The van der Waals surface area contributed by atoms with Crippen molar-refractivity contribution >= 4 is 0 Å². The van der Waals surface area contributed by atoms with Crippen LogP contribution in [0, 0.1) is 0 Å². The predicted octanol–water partition coefficient (Wildman–Crippen LogP) is 3.18. The highest BCUT2D eigenvalue weighted by molar-refractivity contribution is 5.41. The van der Waals surface area contributed by atoms with Crippen LogP contribution in [0.1, 0.15) is 62.4 Å². The summed E-state index contributed by atoms with van der Waals surface area (Å²) in [5, 5.41) is 12.4. The number of benzene rings is 1. The summed E-state index contributed by atoms with van der Waals surface area (Å²) in [6, 6.07) is 6.72. The molecule has 4 rings (SSSR count). The largest absolute Gasteiger partial charge is 0.487 e. The van der Waals surface area contributed by atoms with Gasteiger partial charge in [0.05, 0.1) is 6.04 Å². The van der Waals surface area contributed by atoms with Crippen LogP contribution >= 0.6 is 0 Å². The van der Waals surface area contributed by atoms with Crippen LogP contribution in [0.15, 0.2) is 18.2 Å². The van der Waals surface area contributed by atoms with Crippen LogP contribution < -0.4 is 10.1 Å². The molecule has 5 heteroatoms. The van der Waals surface area contributed by atoms with E-state index in [0.717, 1.165) is 43.3 Å². The van der Waals surface area contributed by atoms with Gasteiger partial charge in [-0.15, -0.1) is 10.2 Å². The van der Waals surface area contributed by atoms with E-state index >= 15 is 0 Å². The maximum absolute atomic E-state index is 5.95. The van der Waals surface area contributed by atoms with E-state index in [4.69, 9.17) is 4.74 Å². The predicted molar refractivity (Wildman–Crippen MR) is 93.1 cm³/mol. The van der Waals surface area contributed by atoms with Crippen molar-refractivity contribution in [3.05, 3.63) is 41.0 Å². The highest BCUT2D eigenvalue weighted by Gasteiger charge is 2.29. The number of nitrogens with one attached hydrogen (secondary N) is 1. The van der Waals surface area contributed by atoms with Crippen molar-refractivity contribution in [2.45, 2.75) is 71.2 Å². The Morgan fingerprint density at radius 2 is 2.17 bits per heavy atom. The number of aromatic nitrogens is 3. The average Bonchev–Trinajstić information content (AvgIpc) is 3.11. The van der Waals surface area contributed by atoms with Crippen LogP contribution in [0.2, 0.25) is 0 Å². The summed E-state index contributed by atoms with van der Waals surface area (Å²) in [7, 11) is 0. The molecular formula is C19H26N4O. The Balaban J connectivity index is 1.43. The maximum Gasteiger partial charge on any atom is 0.149 e. The molecule has 128 valence electrons. The molecule has 5 nitrogen and oxygen atoms in total. The second kappa shape index (κ2) is 5.88. The van der Waals surface area contributed by atoms with Crippen LogP contribution in [0.5, 0.6) is 5.75 Å². The van der Waals surface area contributed by atoms with Gasteiger partial charge in [-0.2, -0.15) is 0 Å². The molecule has 2 aliphatic rings. The fraction of sp³-hybridized carbons (Fsp3) is 0.579. The molecule has 3 heterocycles. The molecule has 1 aromatic carbocycles. The third-order valence-corrected chi connectivity index (χ3v) is 5.02. The lowest BCUT2D eigenvalue weighted by molar-refractivity contribution is 0.138. The van der Waals surface area contributed by atoms with Crippen LogP contribution in [0.25, 0.3) is 0 Å². The molecule has 0 spiro atoms. The van der Waals surface area contributed by atoms with E-state index in [1.54, 1.807) is 0 Å². The number of ether oxygens (including phenoxy) is 1. The summed E-state index contributed by atoms with van der Waals surface area (Å²) in [4.78, 5) is 0. The van der Waals surface area contributed by atoms with E-state index in [-0.39, 0.29) is 11.6 Å². The Bertz CT molecular complexity index is 750. The van der Waals surface area contributed by atoms with Crippen molar-refractivity contribution in [3.63, 3.8) is 0 Å². The molecule has 2 aromatic rings. The van der Waals surface area contributed by atoms with Crippen LogP contribution in [-0.2, 0) is 25.9 Å². The fourth-order valence-corrected chi connectivity index (χ4v) is 3.79. The van der Waals surface area contributed by atoms with Crippen LogP contribution in [-0.4, -0.2) is 20.4 Å². The lowest BCUT2D eigenvalue weighted by atomic mass is 10.00. The van der Waals surface area contributed by atoms with Gasteiger partial charge in [-0.05, 0) is 50.8 Å². The van der Waals surface area contributed by atoms with Gasteiger partial charge in [0, 0.05) is 25.9 Å². The smallest absolute Gasteiger partial charge is 0.149 e. The first-order valence-electron chi connectivity index (χ1n) is 8.98. The van der Waals surface area contributed by atoms with Gasteiger partial charge in [0.15, 0.2) is 0 Å². The molecule has 0 saturated carbocycles. The van der Waals surface area contributed by atoms with Gasteiger partial charge in [-0.1, -0.05) is 12.1 Å². The lowest BCUT2D eigenvalue weighted by Gasteiger charge is -2.19. The summed E-state index contributed by atoms with van der Waals surface area (Å²) in [5.74, 6) is 3.24. The molecule has 1 atom stereocenters. The summed E-state index contributed by atoms with van der Waals surface area (Å²) < 4.78 is 8.25. The van der Waals surface area contributed by atoms with Crippen molar-refractivity contribution < 1.29 is 4.74 Å². The van der Waals surface area contributed by atoms with E-state index in [1.807, 2.05) is 0 Å². The van der Waals surface area contributed by atoms with Gasteiger partial charge in [0.1, 0.15) is 23.0 Å². The average molecular weight is 326 g/mol. The summed E-state index contributed by atoms with van der Waals surface area (Å²) in [5.41, 5.74) is 2.52. The molecule has 0 radical (unpaired) electrons. The lowest BCUT2D eigenvalue weighted by Crippen LogP contribution is -2.24. The van der Waals surface area contributed by atoms with Crippen molar-refractivity contribution in [2.75, 3.05) is 0 Å². The SMILES string of the molecule is CC(NCc1ccc2c(c1)CC(C)(C)O2)c1nnc2n1CCCC2.